The van der Waals surface area contributed by atoms with Crippen LogP contribution in [0.15, 0.2) is 18.5 Å². The molecule has 1 rings (SSSR count). The first-order valence-corrected chi connectivity index (χ1v) is 7.01. The highest BCUT2D eigenvalue weighted by Gasteiger charge is 2.22. The first-order chi connectivity index (χ1) is 9.26. The molecular formula is C15H26N2O2. The maximum atomic E-state index is 5.65. The molecule has 0 bridgehead atoms. The normalized spacial score (nSPS) is 14.1. The van der Waals surface area contributed by atoms with Gasteiger partial charge in [0.1, 0.15) is 5.75 Å². The summed E-state index contributed by atoms with van der Waals surface area (Å²) in [6.07, 6.45) is 6.98. The zero-order valence-electron chi connectivity index (χ0n) is 12.5. The number of hydrogen-bond donors (Lipinski definition) is 1. The molecule has 0 aliphatic heterocycles. The topological polar surface area (TPSA) is 43.4 Å². The molecule has 0 aliphatic rings. The maximum absolute atomic E-state index is 5.65. The van der Waals surface area contributed by atoms with Crippen molar-refractivity contribution in [1.82, 2.24) is 10.3 Å². The summed E-state index contributed by atoms with van der Waals surface area (Å²) >= 11 is 0. The number of pyridine rings is 1. The van der Waals surface area contributed by atoms with E-state index in [4.69, 9.17) is 9.47 Å². The van der Waals surface area contributed by atoms with Gasteiger partial charge in [0, 0.05) is 13.3 Å². The van der Waals surface area contributed by atoms with E-state index >= 15 is 0 Å². The number of hydrogen-bond acceptors (Lipinski definition) is 4. The number of nitrogens with one attached hydrogen (secondary N) is 1. The zero-order chi connectivity index (χ0) is 14.1. The van der Waals surface area contributed by atoms with E-state index in [1.807, 2.05) is 12.3 Å². The minimum absolute atomic E-state index is 0.158. The first kappa shape index (κ1) is 15.9. The van der Waals surface area contributed by atoms with Crippen LogP contribution < -0.4 is 10.1 Å². The Morgan fingerprint density at radius 3 is 2.58 bits per heavy atom. The Balaban J connectivity index is 2.92. The largest absolute Gasteiger partial charge is 0.495 e. The van der Waals surface area contributed by atoms with Crippen molar-refractivity contribution in [3.8, 4) is 5.75 Å². The summed E-state index contributed by atoms with van der Waals surface area (Å²) in [7, 11) is 3.43. The number of ether oxygens (including phenoxy) is 2. The molecule has 19 heavy (non-hydrogen) atoms. The van der Waals surface area contributed by atoms with Gasteiger partial charge in [0.05, 0.1) is 25.5 Å². The fraction of sp³-hybridized carbons (Fsp3) is 0.667. The fourth-order valence-corrected chi connectivity index (χ4v) is 2.19. The highest BCUT2D eigenvalue weighted by atomic mass is 16.5. The second kappa shape index (κ2) is 8.88. The van der Waals surface area contributed by atoms with Gasteiger partial charge in [-0.15, -0.1) is 0 Å². The molecule has 2 atom stereocenters. The monoisotopic (exact) mass is 266 g/mol. The Morgan fingerprint density at radius 2 is 2.00 bits per heavy atom. The molecule has 4 heteroatoms. The maximum Gasteiger partial charge on any atom is 0.137 e. The molecule has 2 unspecified atom stereocenters. The minimum Gasteiger partial charge on any atom is -0.495 e. The molecule has 4 nitrogen and oxygen atoms in total. The molecule has 0 fully saturated rings. The van der Waals surface area contributed by atoms with Crippen molar-refractivity contribution in [1.29, 1.82) is 0 Å². The Labute approximate surface area is 116 Å². The molecule has 0 spiro atoms. The van der Waals surface area contributed by atoms with Crippen LogP contribution in [0, 0.1) is 0 Å². The van der Waals surface area contributed by atoms with Crippen molar-refractivity contribution in [3.63, 3.8) is 0 Å². The van der Waals surface area contributed by atoms with Crippen LogP contribution in [0.2, 0.25) is 0 Å². The van der Waals surface area contributed by atoms with Gasteiger partial charge in [-0.2, -0.15) is 0 Å². The Morgan fingerprint density at radius 1 is 1.21 bits per heavy atom. The average molecular weight is 266 g/mol. The van der Waals surface area contributed by atoms with E-state index in [0.29, 0.717) is 0 Å². The lowest BCUT2D eigenvalue weighted by atomic mass is 9.99. The lowest BCUT2D eigenvalue weighted by Gasteiger charge is -2.27. The predicted octanol–water partition coefficient (Wildman–Crippen LogP) is 2.95. The van der Waals surface area contributed by atoms with Gasteiger partial charge in [-0.05, 0) is 31.0 Å². The van der Waals surface area contributed by atoms with Crippen molar-refractivity contribution in [2.45, 2.75) is 45.3 Å². The molecular weight excluding hydrogens is 240 g/mol. The predicted molar refractivity (Wildman–Crippen MR) is 77.5 cm³/mol. The van der Waals surface area contributed by atoms with E-state index < -0.39 is 0 Å². The third-order valence-corrected chi connectivity index (χ3v) is 3.19. The number of nitrogens with zero attached hydrogens (tertiary/aromatic N) is 1. The van der Waals surface area contributed by atoms with Crippen molar-refractivity contribution in [2.75, 3.05) is 20.8 Å². The summed E-state index contributed by atoms with van der Waals surface area (Å²) in [5.74, 6) is 0.784. The molecule has 1 N–H and O–H groups in total. The summed E-state index contributed by atoms with van der Waals surface area (Å²) in [6.45, 7) is 5.30. The SMILES string of the molecule is CCCNC(c1cncc(OC)c1)C(CCC)OC. The molecule has 0 saturated heterocycles. The molecule has 1 aromatic rings. The Bertz CT molecular complexity index is 358. The van der Waals surface area contributed by atoms with Gasteiger partial charge in [0.2, 0.25) is 0 Å². The van der Waals surface area contributed by atoms with E-state index in [-0.39, 0.29) is 12.1 Å². The fourth-order valence-electron chi connectivity index (χ4n) is 2.19. The summed E-state index contributed by atoms with van der Waals surface area (Å²) in [6, 6.07) is 2.19. The van der Waals surface area contributed by atoms with Crippen LogP contribution in [0.25, 0.3) is 0 Å². The van der Waals surface area contributed by atoms with E-state index in [9.17, 15) is 0 Å². The van der Waals surface area contributed by atoms with Crippen molar-refractivity contribution in [2.24, 2.45) is 0 Å². The van der Waals surface area contributed by atoms with E-state index in [2.05, 4.69) is 24.1 Å². The average Bonchev–Trinajstić information content (AvgIpc) is 2.46. The van der Waals surface area contributed by atoms with Crippen LogP contribution in [0.3, 0.4) is 0 Å². The van der Waals surface area contributed by atoms with Gasteiger partial charge in [0.25, 0.3) is 0 Å². The van der Waals surface area contributed by atoms with Crippen molar-refractivity contribution in [3.05, 3.63) is 24.0 Å². The third kappa shape index (κ3) is 4.80. The summed E-state index contributed by atoms with van der Waals surface area (Å²) < 4.78 is 10.9. The van der Waals surface area contributed by atoms with E-state index in [0.717, 1.165) is 37.1 Å². The van der Waals surface area contributed by atoms with Crippen LogP contribution in [-0.4, -0.2) is 31.9 Å². The van der Waals surface area contributed by atoms with Crippen LogP contribution in [0.5, 0.6) is 5.75 Å². The summed E-state index contributed by atoms with van der Waals surface area (Å²) in [4.78, 5) is 4.24. The molecule has 0 saturated carbocycles. The van der Waals surface area contributed by atoms with Crippen molar-refractivity contribution < 1.29 is 9.47 Å². The Hall–Kier alpha value is -1.13. The summed E-state index contributed by atoms with van der Waals surface area (Å²) in [5, 5.41) is 3.55. The van der Waals surface area contributed by atoms with E-state index in [1.165, 1.54) is 0 Å². The van der Waals surface area contributed by atoms with Gasteiger partial charge >= 0.3 is 0 Å². The lowest BCUT2D eigenvalue weighted by Crippen LogP contribution is -2.34. The number of rotatable bonds is 9. The standard InChI is InChI=1S/C15H26N2O2/c1-5-7-14(19-4)15(17-8-6-2)12-9-13(18-3)11-16-10-12/h9-11,14-15,17H,5-8H2,1-4H3. The van der Waals surface area contributed by atoms with Crippen LogP contribution in [0.1, 0.15) is 44.7 Å². The second-order valence-corrected chi connectivity index (χ2v) is 4.65. The molecule has 0 aromatic carbocycles. The van der Waals surface area contributed by atoms with Gasteiger partial charge < -0.3 is 14.8 Å². The van der Waals surface area contributed by atoms with Crippen LogP contribution in [0.4, 0.5) is 0 Å². The quantitative estimate of drug-likeness (QED) is 0.746. The van der Waals surface area contributed by atoms with E-state index in [1.54, 1.807) is 20.4 Å². The second-order valence-electron chi connectivity index (χ2n) is 4.65. The minimum atomic E-state index is 0.158. The number of aromatic nitrogens is 1. The Kier molecular flexibility index (Phi) is 7.45. The highest BCUT2D eigenvalue weighted by molar-refractivity contribution is 5.26. The molecule has 1 heterocycles. The molecule has 0 amide bonds. The van der Waals surface area contributed by atoms with Crippen LogP contribution >= 0.6 is 0 Å². The summed E-state index contributed by atoms with van der Waals surface area (Å²) in [5.41, 5.74) is 1.12. The molecule has 0 radical (unpaired) electrons. The van der Waals surface area contributed by atoms with Gasteiger partial charge in [-0.25, -0.2) is 0 Å². The van der Waals surface area contributed by atoms with Crippen LogP contribution in [-0.2, 0) is 4.74 Å². The molecule has 1 aromatic heterocycles. The zero-order valence-corrected chi connectivity index (χ0v) is 12.5. The number of methoxy groups -OCH3 is 2. The highest BCUT2D eigenvalue weighted by Crippen LogP contribution is 2.24. The third-order valence-electron chi connectivity index (χ3n) is 3.19. The first-order valence-electron chi connectivity index (χ1n) is 7.01. The van der Waals surface area contributed by atoms with Gasteiger partial charge in [-0.1, -0.05) is 20.3 Å². The lowest BCUT2D eigenvalue weighted by molar-refractivity contribution is 0.0604. The van der Waals surface area contributed by atoms with Gasteiger partial charge in [0.15, 0.2) is 0 Å². The molecule has 0 aliphatic carbocycles. The van der Waals surface area contributed by atoms with Crippen molar-refractivity contribution >= 4 is 0 Å². The van der Waals surface area contributed by atoms with Gasteiger partial charge in [-0.3, -0.25) is 4.98 Å². The molecule has 108 valence electrons. The smallest absolute Gasteiger partial charge is 0.137 e.